The van der Waals surface area contributed by atoms with Gasteiger partial charge >= 0.3 is 0 Å². The Kier molecular flexibility index (Phi) is 3.60. The first-order chi connectivity index (χ1) is 8.06. The second-order valence-electron chi connectivity index (χ2n) is 4.46. The average Bonchev–Trinajstić information content (AvgIpc) is 2.63. The normalized spacial score (nSPS) is 12.7. The summed E-state index contributed by atoms with van der Waals surface area (Å²) in [6.45, 7) is 6.08. The van der Waals surface area contributed by atoms with E-state index in [-0.39, 0.29) is 0 Å². The number of hydrogen-bond donors (Lipinski definition) is 1. The maximum atomic E-state index is 10.2. The first-order valence-corrected chi connectivity index (χ1v) is 6.60. The van der Waals surface area contributed by atoms with Gasteiger partial charge in [0.25, 0.3) is 0 Å². The molecule has 3 heteroatoms. The van der Waals surface area contributed by atoms with E-state index >= 15 is 0 Å². The Morgan fingerprint density at radius 1 is 1.29 bits per heavy atom. The highest BCUT2D eigenvalue weighted by Crippen LogP contribution is 2.23. The maximum absolute atomic E-state index is 10.2. The second-order valence-corrected chi connectivity index (χ2v) is 5.41. The molecular weight excluding hydrogens is 230 g/mol. The number of aliphatic hydroxyl groups excluding tert-OH is 1. The minimum atomic E-state index is -0.457. The largest absolute Gasteiger partial charge is 0.388 e. The number of hydrogen-bond acceptors (Lipinski definition) is 3. The molecule has 0 amide bonds. The fourth-order valence-corrected chi connectivity index (χ4v) is 2.78. The van der Waals surface area contributed by atoms with E-state index in [1.807, 2.05) is 31.4 Å². The number of aromatic nitrogens is 1. The van der Waals surface area contributed by atoms with Gasteiger partial charge in [0, 0.05) is 17.5 Å². The second kappa shape index (κ2) is 4.98. The van der Waals surface area contributed by atoms with E-state index in [1.54, 1.807) is 11.3 Å². The van der Waals surface area contributed by atoms with E-state index in [0.29, 0.717) is 6.42 Å². The van der Waals surface area contributed by atoms with Crippen molar-refractivity contribution in [3.63, 3.8) is 0 Å². The molecule has 1 aromatic carbocycles. The molecule has 1 N–H and O–H groups in total. The Balaban J connectivity index is 2.17. The third-order valence-corrected chi connectivity index (χ3v) is 3.81. The van der Waals surface area contributed by atoms with E-state index < -0.39 is 6.10 Å². The number of thiazole rings is 1. The van der Waals surface area contributed by atoms with Crippen LogP contribution in [0.1, 0.15) is 33.5 Å². The Bertz CT molecular complexity index is 519. The monoisotopic (exact) mass is 247 g/mol. The van der Waals surface area contributed by atoms with E-state index in [4.69, 9.17) is 0 Å². The number of aryl methyl sites for hydroxylation is 3. The summed E-state index contributed by atoms with van der Waals surface area (Å²) < 4.78 is 0. The van der Waals surface area contributed by atoms with Crippen molar-refractivity contribution in [3.8, 4) is 0 Å². The van der Waals surface area contributed by atoms with Gasteiger partial charge in [-0.15, -0.1) is 11.3 Å². The van der Waals surface area contributed by atoms with E-state index in [9.17, 15) is 5.11 Å². The molecule has 0 aliphatic rings. The lowest BCUT2D eigenvalue weighted by Crippen LogP contribution is -2.04. The highest BCUT2D eigenvalue weighted by molar-refractivity contribution is 7.09. The fourth-order valence-electron chi connectivity index (χ4n) is 1.97. The van der Waals surface area contributed by atoms with Gasteiger partial charge in [-0.2, -0.15) is 0 Å². The van der Waals surface area contributed by atoms with Crippen LogP contribution in [-0.2, 0) is 6.42 Å². The Hall–Kier alpha value is -1.19. The zero-order valence-electron chi connectivity index (χ0n) is 10.4. The molecule has 2 aromatic rings. The summed E-state index contributed by atoms with van der Waals surface area (Å²) in [6, 6.07) is 6.15. The van der Waals surface area contributed by atoms with Crippen molar-refractivity contribution in [2.75, 3.05) is 0 Å². The Morgan fingerprint density at radius 2 is 2.06 bits per heavy atom. The molecule has 0 saturated carbocycles. The van der Waals surface area contributed by atoms with Crippen molar-refractivity contribution >= 4 is 11.3 Å². The van der Waals surface area contributed by atoms with Crippen LogP contribution in [0.3, 0.4) is 0 Å². The zero-order valence-corrected chi connectivity index (χ0v) is 11.2. The van der Waals surface area contributed by atoms with E-state index in [2.05, 4.69) is 18.0 Å². The van der Waals surface area contributed by atoms with Crippen LogP contribution in [-0.4, -0.2) is 10.1 Å². The molecule has 1 aromatic heterocycles. The predicted octanol–water partition coefficient (Wildman–Crippen LogP) is 3.34. The summed E-state index contributed by atoms with van der Waals surface area (Å²) in [6.07, 6.45) is 0.142. The van der Waals surface area contributed by atoms with Crippen LogP contribution in [0, 0.1) is 20.8 Å². The summed E-state index contributed by atoms with van der Waals surface area (Å²) in [4.78, 5) is 4.38. The van der Waals surface area contributed by atoms with Crippen LogP contribution >= 0.6 is 11.3 Å². The van der Waals surface area contributed by atoms with Crippen molar-refractivity contribution in [2.24, 2.45) is 0 Å². The topological polar surface area (TPSA) is 33.1 Å². The van der Waals surface area contributed by atoms with Crippen LogP contribution < -0.4 is 0 Å². The van der Waals surface area contributed by atoms with Crippen LogP contribution in [0.4, 0.5) is 0 Å². The van der Waals surface area contributed by atoms with Gasteiger partial charge in [0.1, 0.15) is 0 Å². The first kappa shape index (κ1) is 12.3. The molecule has 0 bridgehead atoms. The SMILES string of the molecule is Cc1ccc(C(O)Cc2nc(C)cs2)c(C)c1. The Morgan fingerprint density at radius 3 is 2.65 bits per heavy atom. The summed E-state index contributed by atoms with van der Waals surface area (Å²) in [5.41, 5.74) is 4.40. The fraction of sp³-hybridized carbons (Fsp3) is 0.357. The molecule has 17 heavy (non-hydrogen) atoms. The maximum Gasteiger partial charge on any atom is 0.0957 e. The number of aliphatic hydroxyl groups is 1. The molecule has 0 aliphatic carbocycles. The van der Waals surface area contributed by atoms with Gasteiger partial charge in [0.15, 0.2) is 0 Å². The lowest BCUT2D eigenvalue weighted by atomic mass is 9.99. The lowest BCUT2D eigenvalue weighted by molar-refractivity contribution is 0.177. The number of benzene rings is 1. The van der Waals surface area contributed by atoms with Crippen LogP contribution in [0.2, 0.25) is 0 Å². The molecule has 90 valence electrons. The molecule has 0 saturated heterocycles. The van der Waals surface area contributed by atoms with Gasteiger partial charge in [-0.1, -0.05) is 23.8 Å². The number of rotatable bonds is 3. The smallest absolute Gasteiger partial charge is 0.0957 e. The molecular formula is C14H17NOS. The third-order valence-electron chi connectivity index (χ3n) is 2.82. The quantitative estimate of drug-likeness (QED) is 0.902. The molecule has 1 unspecified atom stereocenters. The third kappa shape index (κ3) is 2.93. The van der Waals surface area contributed by atoms with Crippen molar-refractivity contribution in [3.05, 3.63) is 51.0 Å². The van der Waals surface area contributed by atoms with Crippen LogP contribution in [0.5, 0.6) is 0 Å². The number of nitrogens with zero attached hydrogens (tertiary/aromatic N) is 1. The molecule has 2 rings (SSSR count). The van der Waals surface area contributed by atoms with E-state index in [0.717, 1.165) is 21.8 Å². The van der Waals surface area contributed by atoms with Crippen LogP contribution in [0.25, 0.3) is 0 Å². The predicted molar refractivity (Wildman–Crippen MR) is 71.4 cm³/mol. The van der Waals surface area contributed by atoms with Gasteiger partial charge < -0.3 is 5.11 Å². The summed E-state index contributed by atoms with van der Waals surface area (Å²) in [5.74, 6) is 0. The molecule has 1 atom stereocenters. The van der Waals surface area contributed by atoms with Crippen molar-refractivity contribution < 1.29 is 5.11 Å². The van der Waals surface area contributed by atoms with Gasteiger partial charge in [0.05, 0.1) is 11.1 Å². The van der Waals surface area contributed by atoms with Crippen LogP contribution in [0.15, 0.2) is 23.6 Å². The highest BCUT2D eigenvalue weighted by atomic mass is 32.1. The molecule has 0 fully saturated rings. The van der Waals surface area contributed by atoms with Crippen molar-refractivity contribution in [2.45, 2.75) is 33.3 Å². The molecule has 2 nitrogen and oxygen atoms in total. The van der Waals surface area contributed by atoms with Gasteiger partial charge in [-0.05, 0) is 31.9 Å². The zero-order chi connectivity index (χ0) is 12.4. The summed E-state index contributed by atoms with van der Waals surface area (Å²) in [5, 5.41) is 13.2. The molecule has 0 spiro atoms. The lowest BCUT2D eigenvalue weighted by Gasteiger charge is -2.13. The minimum Gasteiger partial charge on any atom is -0.388 e. The van der Waals surface area contributed by atoms with Gasteiger partial charge in [-0.25, -0.2) is 4.98 Å². The van der Waals surface area contributed by atoms with E-state index in [1.165, 1.54) is 5.56 Å². The minimum absolute atomic E-state index is 0.457. The standard InChI is InChI=1S/C14H17NOS/c1-9-4-5-12(10(2)6-9)13(16)7-14-15-11(3)8-17-14/h4-6,8,13,16H,7H2,1-3H3. The first-order valence-electron chi connectivity index (χ1n) is 5.72. The van der Waals surface area contributed by atoms with Crippen molar-refractivity contribution in [1.82, 2.24) is 4.98 Å². The molecule has 1 heterocycles. The molecule has 0 radical (unpaired) electrons. The Labute approximate surface area is 106 Å². The van der Waals surface area contributed by atoms with Gasteiger partial charge in [0.2, 0.25) is 0 Å². The summed E-state index contributed by atoms with van der Waals surface area (Å²) in [7, 11) is 0. The average molecular weight is 247 g/mol. The molecule has 0 aliphatic heterocycles. The highest BCUT2D eigenvalue weighted by Gasteiger charge is 2.13. The summed E-state index contributed by atoms with van der Waals surface area (Å²) >= 11 is 1.61. The van der Waals surface area contributed by atoms with Gasteiger partial charge in [-0.3, -0.25) is 0 Å². The van der Waals surface area contributed by atoms with Crippen molar-refractivity contribution in [1.29, 1.82) is 0 Å².